The molecule has 0 aliphatic heterocycles. The van der Waals surface area contributed by atoms with Crippen molar-refractivity contribution < 1.29 is 0 Å². The number of nitrogens with zero attached hydrogens (tertiary/aromatic N) is 5. The Hall–Kier alpha value is -2.04. The van der Waals surface area contributed by atoms with Crippen LogP contribution in [0.1, 0.15) is 41.4 Å². The van der Waals surface area contributed by atoms with Crippen molar-refractivity contribution in [3.63, 3.8) is 0 Å². The normalized spacial score (nSPS) is 12.7. The number of H-pyrrole nitrogens is 1. The molecule has 4 aromatic heterocycles. The lowest BCUT2D eigenvalue weighted by atomic mass is 9.98. The minimum atomic E-state index is -0.0496. The van der Waals surface area contributed by atoms with Crippen molar-refractivity contribution in [1.29, 1.82) is 0 Å². The fraction of sp³-hybridized carbons (Fsp3) is 0.421. The van der Waals surface area contributed by atoms with Gasteiger partial charge in [-0.15, -0.1) is 27.8 Å². The van der Waals surface area contributed by atoms with Gasteiger partial charge in [0, 0.05) is 9.75 Å². The average Bonchev–Trinajstić information content (AvgIpc) is 3.42. The number of aryl methyl sites for hydroxylation is 1. The van der Waals surface area contributed by atoms with Crippen LogP contribution in [0.3, 0.4) is 0 Å². The van der Waals surface area contributed by atoms with Gasteiger partial charge >= 0.3 is 0 Å². The summed E-state index contributed by atoms with van der Waals surface area (Å²) >= 11 is 4.75. The SMILES string of the molecule is CCC(C)Cc1c(C)sc2nc(CSc3nnnn3Cc3cccs3)[nH]c(=O)c12. The third kappa shape index (κ3) is 4.44. The quantitative estimate of drug-likeness (QED) is 0.407. The number of tetrazole rings is 1. The largest absolute Gasteiger partial charge is 0.309 e. The Morgan fingerprint density at radius 1 is 1.38 bits per heavy atom. The van der Waals surface area contributed by atoms with Crippen molar-refractivity contribution in [2.45, 2.75) is 51.1 Å². The molecule has 10 heteroatoms. The third-order valence-electron chi connectivity index (χ3n) is 4.88. The molecule has 4 aromatic rings. The molecule has 1 N–H and O–H groups in total. The van der Waals surface area contributed by atoms with Crippen molar-refractivity contribution >= 4 is 44.7 Å². The van der Waals surface area contributed by atoms with E-state index in [1.165, 1.54) is 21.5 Å². The van der Waals surface area contributed by atoms with E-state index in [-0.39, 0.29) is 5.56 Å². The summed E-state index contributed by atoms with van der Waals surface area (Å²) < 4.78 is 1.77. The number of aromatic amines is 1. The first kappa shape index (κ1) is 20.2. The molecule has 1 unspecified atom stereocenters. The van der Waals surface area contributed by atoms with E-state index in [2.05, 4.69) is 47.3 Å². The van der Waals surface area contributed by atoms with Crippen molar-refractivity contribution in [2.75, 3.05) is 0 Å². The average molecular weight is 447 g/mol. The molecule has 0 amide bonds. The predicted molar refractivity (Wildman–Crippen MR) is 119 cm³/mol. The zero-order valence-corrected chi connectivity index (χ0v) is 19.0. The molecule has 152 valence electrons. The lowest BCUT2D eigenvalue weighted by Crippen LogP contribution is -2.12. The highest BCUT2D eigenvalue weighted by Crippen LogP contribution is 2.30. The Morgan fingerprint density at radius 3 is 3.00 bits per heavy atom. The molecule has 0 spiro atoms. The zero-order chi connectivity index (χ0) is 20.4. The van der Waals surface area contributed by atoms with Crippen LogP contribution in [0, 0.1) is 12.8 Å². The Morgan fingerprint density at radius 2 is 2.24 bits per heavy atom. The molecule has 1 atom stereocenters. The molecular formula is C19H22N6OS3. The third-order valence-corrected chi connectivity index (χ3v) is 7.75. The van der Waals surface area contributed by atoms with Crippen molar-refractivity contribution in [3.05, 3.63) is 49.0 Å². The molecule has 4 rings (SSSR count). The van der Waals surface area contributed by atoms with Gasteiger partial charge in [-0.1, -0.05) is 38.1 Å². The zero-order valence-electron chi connectivity index (χ0n) is 16.5. The van der Waals surface area contributed by atoms with Gasteiger partial charge in [-0.25, -0.2) is 9.67 Å². The van der Waals surface area contributed by atoms with Crippen molar-refractivity contribution in [3.8, 4) is 0 Å². The Labute approximate surface area is 180 Å². The molecule has 7 nitrogen and oxygen atoms in total. The predicted octanol–water partition coefficient (Wildman–Crippen LogP) is 4.27. The highest BCUT2D eigenvalue weighted by molar-refractivity contribution is 7.98. The summed E-state index contributed by atoms with van der Waals surface area (Å²) in [6.45, 7) is 7.12. The van der Waals surface area contributed by atoms with Crippen molar-refractivity contribution in [1.82, 2.24) is 30.2 Å². The molecule has 0 radical (unpaired) electrons. The molecule has 29 heavy (non-hydrogen) atoms. The second kappa shape index (κ2) is 8.76. The van der Waals surface area contributed by atoms with Gasteiger partial charge in [0.05, 0.1) is 17.7 Å². The lowest BCUT2D eigenvalue weighted by Gasteiger charge is -2.08. The number of rotatable bonds is 8. The van der Waals surface area contributed by atoms with Crippen LogP contribution in [0.4, 0.5) is 0 Å². The van der Waals surface area contributed by atoms with Gasteiger partial charge in [0.15, 0.2) is 0 Å². The lowest BCUT2D eigenvalue weighted by molar-refractivity contribution is 0.561. The monoisotopic (exact) mass is 446 g/mol. The summed E-state index contributed by atoms with van der Waals surface area (Å²) in [4.78, 5) is 23.7. The van der Waals surface area contributed by atoms with Crippen LogP contribution in [-0.4, -0.2) is 30.2 Å². The number of thioether (sulfide) groups is 1. The maximum atomic E-state index is 12.8. The highest BCUT2D eigenvalue weighted by atomic mass is 32.2. The number of hydrogen-bond donors (Lipinski definition) is 1. The van der Waals surface area contributed by atoms with Gasteiger partial charge in [-0.3, -0.25) is 4.79 Å². The highest BCUT2D eigenvalue weighted by Gasteiger charge is 2.17. The van der Waals surface area contributed by atoms with E-state index in [4.69, 9.17) is 4.98 Å². The topological polar surface area (TPSA) is 89.3 Å². The van der Waals surface area contributed by atoms with Crippen LogP contribution < -0.4 is 5.56 Å². The Balaban J connectivity index is 1.54. The van der Waals surface area contributed by atoms with Crippen LogP contribution in [0.15, 0.2) is 27.5 Å². The van der Waals surface area contributed by atoms with Crippen LogP contribution in [0.25, 0.3) is 10.2 Å². The standard InChI is InChI=1S/C19H22N6OS3/c1-4-11(2)8-14-12(3)29-18-16(14)17(26)20-15(21-18)10-28-19-22-23-24-25(19)9-13-6-5-7-27-13/h5-7,11H,4,8-10H2,1-3H3,(H,20,21,26). The fourth-order valence-corrected chi connectivity index (χ4v) is 5.61. The molecule has 0 saturated carbocycles. The second-order valence-corrected chi connectivity index (χ2v) is 10.2. The van der Waals surface area contributed by atoms with Crippen LogP contribution >= 0.6 is 34.4 Å². The summed E-state index contributed by atoms with van der Waals surface area (Å²) in [6.07, 6.45) is 2.01. The first-order valence-corrected chi connectivity index (χ1v) is 12.2. The number of nitrogens with one attached hydrogen (secondary N) is 1. The van der Waals surface area contributed by atoms with Gasteiger partial charge in [-0.2, -0.15) is 0 Å². The molecule has 0 saturated heterocycles. The number of hydrogen-bond acceptors (Lipinski definition) is 8. The van der Waals surface area contributed by atoms with E-state index in [0.717, 1.165) is 28.6 Å². The first-order chi connectivity index (χ1) is 14.0. The first-order valence-electron chi connectivity index (χ1n) is 9.47. The molecule has 4 heterocycles. The van der Waals surface area contributed by atoms with Gasteiger partial charge in [0.2, 0.25) is 5.16 Å². The van der Waals surface area contributed by atoms with E-state index in [1.807, 2.05) is 11.4 Å². The smallest absolute Gasteiger partial charge is 0.259 e. The minimum Gasteiger partial charge on any atom is -0.309 e. The van der Waals surface area contributed by atoms with Crippen molar-refractivity contribution in [2.24, 2.45) is 5.92 Å². The second-order valence-electron chi connectivity index (χ2n) is 7.03. The minimum absolute atomic E-state index is 0.0496. The summed E-state index contributed by atoms with van der Waals surface area (Å²) in [6, 6.07) is 4.07. The number of thiophene rings is 2. The van der Waals surface area contributed by atoms with Gasteiger partial charge in [0.1, 0.15) is 10.7 Å². The Bertz CT molecular complexity index is 1160. The number of aromatic nitrogens is 6. The summed E-state index contributed by atoms with van der Waals surface area (Å²) in [7, 11) is 0. The summed E-state index contributed by atoms with van der Waals surface area (Å²) in [5.41, 5.74) is 1.10. The van der Waals surface area contributed by atoms with Crippen LogP contribution in [0.2, 0.25) is 0 Å². The molecule has 0 bridgehead atoms. The van der Waals surface area contributed by atoms with E-state index < -0.39 is 0 Å². The van der Waals surface area contributed by atoms with Gasteiger partial charge in [0.25, 0.3) is 5.56 Å². The van der Waals surface area contributed by atoms with Gasteiger partial charge < -0.3 is 4.98 Å². The van der Waals surface area contributed by atoms with Crippen LogP contribution in [0.5, 0.6) is 0 Å². The summed E-state index contributed by atoms with van der Waals surface area (Å²) in [5.74, 6) is 1.70. The number of fused-ring (bicyclic) bond motifs is 1. The van der Waals surface area contributed by atoms with E-state index in [9.17, 15) is 4.79 Å². The van der Waals surface area contributed by atoms with Gasteiger partial charge in [-0.05, 0) is 46.7 Å². The Kier molecular flexibility index (Phi) is 6.12. The molecule has 0 aliphatic carbocycles. The van der Waals surface area contributed by atoms with E-state index in [0.29, 0.717) is 29.2 Å². The molecule has 0 aromatic carbocycles. The summed E-state index contributed by atoms with van der Waals surface area (Å²) in [5, 5.41) is 15.5. The molecular weight excluding hydrogens is 424 g/mol. The molecule has 0 fully saturated rings. The molecule has 0 aliphatic rings. The van der Waals surface area contributed by atoms with Crippen LogP contribution in [-0.2, 0) is 18.7 Å². The maximum absolute atomic E-state index is 12.8. The maximum Gasteiger partial charge on any atom is 0.259 e. The van der Waals surface area contributed by atoms with E-state index >= 15 is 0 Å². The van der Waals surface area contributed by atoms with E-state index in [1.54, 1.807) is 27.4 Å². The fourth-order valence-electron chi connectivity index (χ4n) is 3.11.